The summed E-state index contributed by atoms with van der Waals surface area (Å²) >= 11 is 6.26. The molecule has 0 saturated heterocycles. The van der Waals surface area contributed by atoms with Gasteiger partial charge in [-0.3, -0.25) is 4.68 Å². The molecule has 2 aromatic heterocycles. The molecule has 0 aliphatic rings. The molecule has 2 heterocycles. The van der Waals surface area contributed by atoms with Gasteiger partial charge in [-0.2, -0.15) is 5.10 Å². The minimum Gasteiger partial charge on any atom is -0.311 e. The Kier molecular flexibility index (Phi) is 3.66. The first-order valence-electron chi connectivity index (χ1n) is 6.49. The van der Waals surface area contributed by atoms with Crippen molar-refractivity contribution in [1.29, 1.82) is 0 Å². The molecule has 0 fully saturated rings. The Hall–Kier alpha value is -1.03. The third-order valence-corrected chi connectivity index (χ3v) is 3.66. The van der Waals surface area contributed by atoms with Crippen LogP contribution in [-0.4, -0.2) is 19.3 Å². The SMILES string of the molecule is CCC(C)Cn1c(C(C)Cl)nc2c(C)nn(C)c21. The molecule has 0 radical (unpaired) electrons. The number of rotatable bonds is 4. The van der Waals surface area contributed by atoms with Crippen LogP contribution in [0, 0.1) is 12.8 Å². The maximum absolute atomic E-state index is 6.26. The van der Waals surface area contributed by atoms with Crippen LogP contribution < -0.4 is 0 Å². The number of aryl methyl sites for hydroxylation is 2. The van der Waals surface area contributed by atoms with Gasteiger partial charge in [0, 0.05) is 13.6 Å². The lowest BCUT2D eigenvalue weighted by atomic mass is 10.1. The molecular weight excluding hydrogens is 248 g/mol. The van der Waals surface area contributed by atoms with Crippen LogP contribution in [0.3, 0.4) is 0 Å². The predicted molar refractivity (Wildman–Crippen MR) is 75.0 cm³/mol. The molecule has 2 rings (SSSR count). The molecule has 0 bridgehead atoms. The maximum atomic E-state index is 6.26. The maximum Gasteiger partial charge on any atom is 0.158 e. The second-order valence-electron chi connectivity index (χ2n) is 5.09. The van der Waals surface area contributed by atoms with E-state index in [1.807, 2.05) is 25.6 Å². The van der Waals surface area contributed by atoms with Crippen molar-refractivity contribution in [2.24, 2.45) is 13.0 Å². The lowest BCUT2D eigenvalue weighted by Gasteiger charge is -2.14. The molecular formula is C13H21ClN4. The molecule has 18 heavy (non-hydrogen) atoms. The molecule has 4 nitrogen and oxygen atoms in total. The number of hydrogen-bond acceptors (Lipinski definition) is 2. The van der Waals surface area contributed by atoms with Crippen LogP contribution in [-0.2, 0) is 13.6 Å². The highest BCUT2D eigenvalue weighted by Crippen LogP contribution is 2.27. The average Bonchev–Trinajstić information content (AvgIpc) is 2.79. The molecule has 0 aromatic carbocycles. The molecule has 2 unspecified atom stereocenters. The Morgan fingerprint density at radius 2 is 2.00 bits per heavy atom. The highest BCUT2D eigenvalue weighted by molar-refractivity contribution is 6.20. The summed E-state index contributed by atoms with van der Waals surface area (Å²) in [5, 5.41) is 4.35. The van der Waals surface area contributed by atoms with Gasteiger partial charge in [0.25, 0.3) is 0 Å². The first-order chi connectivity index (χ1) is 8.45. The number of alkyl halides is 1. The van der Waals surface area contributed by atoms with Crippen LogP contribution in [0.2, 0.25) is 0 Å². The van der Waals surface area contributed by atoms with Crippen molar-refractivity contribution < 1.29 is 0 Å². The Morgan fingerprint density at radius 3 is 2.56 bits per heavy atom. The van der Waals surface area contributed by atoms with E-state index in [-0.39, 0.29) is 5.38 Å². The molecule has 0 spiro atoms. The number of halogens is 1. The topological polar surface area (TPSA) is 35.6 Å². The number of aromatic nitrogens is 4. The summed E-state index contributed by atoms with van der Waals surface area (Å²) in [4.78, 5) is 4.67. The second-order valence-corrected chi connectivity index (χ2v) is 5.75. The first-order valence-corrected chi connectivity index (χ1v) is 6.93. The van der Waals surface area contributed by atoms with Crippen LogP contribution in [0.4, 0.5) is 0 Å². The highest BCUT2D eigenvalue weighted by atomic mass is 35.5. The van der Waals surface area contributed by atoms with Crippen LogP contribution in [0.15, 0.2) is 0 Å². The van der Waals surface area contributed by atoms with Gasteiger partial charge in [0.2, 0.25) is 0 Å². The van der Waals surface area contributed by atoms with Gasteiger partial charge < -0.3 is 4.57 Å². The van der Waals surface area contributed by atoms with Crippen molar-refractivity contribution >= 4 is 22.8 Å². The van der Waals surface area contributed by atoms with Crippen molar-refractivity contribution in [3.63, 3.8) is 0 Å². The number of nitrogens with zero attached hydrogens (tertiary/aromatic N) is 4. The molecule has 2 aromatic rings. The van der Waals surface area contributed by atoms with Gasteiger partial charge in [-0.05, 0) is 19.8 Å². The van der Waals surface area contributed by atoms with Crippen molar-refractivity contribution in [1.82, 2.24) is 19.3 Å². The van der Waals surface area contributed by atoms with Gasteiger partial charge in [0.1, 0.15) is 11.3 Å². The van der Waals surface area contributed by atoms with E-state index in [9.17, 15) is 0 Å². The van der Waals surface area contributed by atoms with Crippen molar-refractivity contribution in [3.8, 4) is 0 Å². The van der Waals surface area contributed by atoms with Gasteiger partial charge in [0.05, 0.1) is 11.1 Å². The van der Waals surface area contributed by atoms with Gasteiger partial charge in [-0.1, -0.05) is 20.3 Å². The fourth-order valence-corrected chi connectivity index (χ4v) is 2.44. The summed E-state index contributed by atoms with van der Waals surface area (Å²) in [7, 11) is 1.97. The molecule has 0 aliphatic carbocycles. The monoisotopic (exact) mass is 268 g/mol. The van der Waals surface area contributed by atoms with Crippen molar-refractivity contribution in [2.75, 3.05) is 0 Å². The normalized spacial score (nSPS) is 15.2. The van der Waals surface area contributed by atoms with E-state index >= 15 is 0 Å². The lowest BCUT2D eigenvalue weighted by Crippen LogP contribution is -2.13. The quantitative estimate of drug-likeness (QED) is 0.797. The zero-order valence-corrected chi connectivity index (χ0v) is 12.5. The van der Waals surface area contributed by atoms with E-state index < -0.39 is 0 Å². The number of imidazole rings is 1. The van der Waals surface area contributed by atoms with Gasteiger partial charge in [0.15, 0.2) is 5.65 Å². The fraction of sp³-hybridized carbons (Fsp3) is 0.692. The lowest BCUT2D eigenvalue weighted by molar-refractivity contribution is 0.460. The van der Waals surface area contributed by atoms with Crippen LogP contribution in [0.5, 0.6) is 0 Å². The second kappa shape index (κ2) is 4.92. The van der Waals surface area contributed by atoms with Crippen LogP contribution in [0.25, 0.3) is 11.2 Å². The van der Waals surface area contributed by atoms with E-state index in [4.69, 9.17) is 11.6 Å². The first kappa shape index (κ1) is 13.4. The summed E-state index contributed by atoms with van der Waals surface area (Å²) in [5.41, 5.74) is 3.02. The third kappa shape index (κ3) is 2.14. The Morgan fingerprint density at radius 1 is 1.33 bits per heavy atom. The summed E-state index contributed by atoms with van der Waals surface area (Å²) in [6.07, 6.45) is 1.15. The summed E-state index contributed by atoms with van der Waals surface area (Å²) < 4.78 is 4.13. The van der Waals surface area contributed by atoms with Crippen molar-refractivity contribution in [3.05, 3.63) is 11.5 Å². The Bertz CT molecular complexity index is 553. The smallest absolute Gasteiger partial charge is 0.158 e. The van der Waals surface area contributed by atoms with Gasteiger partial charge in [-0.15, -0.1) is 11.6 Å². The van der Waals surface area contributed by atoms with E-state index in [1.165, 1.54) is 0 Å². The Labute approximate surface area is 113 Å². The minimum absolute atomic E-state index is 0.0825. The number of fused-ring (bicyclic) bond motifs is 1. The average molecular weight is 269 g/mol. The molecule has 0 amide bonds. The molecule has 0 aliphatic heterocycles. The summed E-state index contributed by atoms with van der Waals surface area (Å²) in [6, 6.07) is 0. The number of hydrogen-bond donors (Lipinski definition) is 0. The highest BCUT2D eigenvalue weighted by Gasteiger charge is 2.20. The fourth-order valence-electron chi connectivity index (χ4n) is 2.28. The van der Waals surface area contributed by atoms with E-state index in [0.717, 1.165) is 35.6 Å². The van der Waals surface area contributed by atoms with Gasteiger partial charge >= 0.3 is 0 Å². The zero-order valence-electron chi connectivity index (χ0n) is 11.7. The van der Waals surface area contributed by atoms with E-state index in [2.05, 4.69) is 28.5 Å². The zero-order chi connectivity index (χ0) is 13.4. The Balaban J connectivity index is 2.61. The molecule has 100 valence electrons. The molecule has 2 atom stereocenters. The largest absolute Gasteiger partial charge is 0.311 e. The third-order valence-electron chi connectivity index (χ3n) is 3.47. The van der Waals surface area contributed by atoms with Gasteiger partial charge in [-0.25, -0.2) is 4.98 Å². The summed E-state index contributed by atoms with van der Waals surface area (Å²) in [5.74, 6) is 1.55. The molecule has 0 N–H and O–H groups in total. The molecule has 5 heteroatoms. The van der Waals surface area contributed by atoms with E-state index in [1.54, 1.807) is 0 Å². The standard InChI is InChI=1S/C13H21ClN4/c1-6-8(2)7-18-12(9(3)14)15-11-10(4)16-17(5)13(11)18/h8-9H,6-7H2,1-5H3. The van der Waals surface area contributed by atoms with Crippen LogP contribution in [0.1, 0.15) is 44.1 Å². The van der Waals surface area contributed by atoms with E-state index in [0.29, 0.717) is 5.92 Å². The molecule has 0 saturated carbocycles. The van der Waals surface area contributed by atoms with Crippen LogP contribution >= 0.6 is 11.6 Å². The minimum atomic E-state index is -0.0825. The summed E-state index contributed by atoms with van der Waals surface area (Å²) in [6.45, 7) is 9.36. The van der Waals surface area contributed by atoms with Crippen molar-refractivity contribution in [2.45, 2.75) is 46.0 Å². The predicted octanol–water partition coefficient (Wildman–Crippen LogP) is 3.42.